The standard InChI is InChI=1S/C9H14N4S/c1-9(4-2-3-5-9)6-11-7(10)13-8(14)12-6/h2-5H2,1H3,(H3,10,11,12,13,14). The van der Waals surface area contributed by atoms with Crippen LogP contribution in [0.3, 0.4) is 0 Å². The van der Waals surface area contributed by atoms with Gasteiger partial charge < -0.3 is 10.7 Å². The Morgan fingerprint density at radius 1 is 1.36 bits per heavy atom. The molecule has 5 heteroatoms. The Kier molecular flexibility index (Phi) is 2.26. The summed E-state index contributed by atoms with van der Waals surface area (Å²) in [5, 5.41) is 0. The Labute approximate surface area is 88.0 Å². The zero-order valence-corrected chi connectivity index (χ0v) is 9.02. The molecule has 0 radical (unpaired) electrons. The summed E-state index contributed by atoms with van der Waals surface area (Å²) < 4.78 is 0.337. The number of nitrogens with zero attached hydrogens (tertiary/aromatic N) is 2. The van der Waals surface area contributed by atoms with Gasteiger partial charge in [0.1, 0.15) is 5.82 Å². The Balaban J connectivity index is 2.45. The molecule has 2 rings (SSSR count). The summed E-state index contributed by atoms with van der Waals surface area (Å²) in [7, 11) is 0. The van der Waals surface area contributed by atoms with Crippen molar-refractivity contribution in [2.75, 3.05) is 5.73 Å². The first-order valence-electron chi connectivity index (χ1n) is 4.84. The SMILES string of the molecule is CC1(c2nc(=S)nc(N)[nH]2)CCCC1. The molecule has 0 saturated heterocycles. The number of H-pyrrole nitrogens is 1. The maximum atomic E-state index is 5.61. The summed E-state index contributed by atoms with van der Waals surface area (Å²) in [5.41, 5.74) is 5.73. The van der Waals surface area contributed by atoms with Gasteiger partial charge in [0.25, 0.3) is 0 Å². The van der Waals surface area contributed by atoms with Gasteiger partial charge in [0, 0.05) is 5.41 Å². The van der Waals surface area contributed by atoms with Crippen molar-refractivity contribution in [1.82, 2.24) is 15.0 Å². The van der Waals surface area contributed by atoms with Gasteiger partial charge in [0.15, 0.2) is 0 Å². The van der Waals surface area contributed by atoms with E-state index in [9.17, 15) is 0 Å². The highest BCUT2D eigenvalue weighted by molar-refractivity contribution is 7.71. The topological polar surface area (TPSA) is 67.6 Å². The summed E-state index contributed by atoms with van der Waals surface area (Å²) in [5.74, 6) is 1.26. The molecule has 1 aromatic rings. The fourth-order valence-corrected chi connectivity index (χ4v) is 2.27. The molecule has 3 N–H and O–H groups in total. The normalized spacial score (nSPS) is 19.8. The van der Waals surface area contributed by atoms with Gasteiger partial charge in [-0.25, -0.2) is 4.98 Å². The van der Waals surface area contributed by atoms with Crippen LogP contribution in [0.5, 0.6) is 0 Å². The molecule has 0 spiro atoms. The minimum absolute atomic E-state index is 0.116. The lowest BCUT2D eigenvalue weighted by Crippen LogP contribution is -2.22. The van der Waals surface area contributed by atoms with E-state index >= 15 is 0 Å². The number of aromatic amines is 1. The number of hydrogen-bond acceptors (Lipinski definition) is 4. The molecule has 0 bridgehead atoms. The summed E-state index contributed by atoms with van der Waals surface area (Å²) in [6, 6.07) is 0. The maximum Gasteiger partial charge on any atom is 0.224 e. The molecule has 0 aromatic carbocycles. The highest BCUT2D eigenvalue weighted by atomic mass is 32.1. The Morgan fingerprint density at radius 2 is 2.00 bits per heavy atom. The number of aromatic nitrogens is 3. The molecule has 1 aromatic heterocycles. The molecule has 76 valence electrons. The number of nitrogens with one attached hydrogen (secondary N) is 1. The molecule has 1 heterocycles. The van der Waals surface area contributed by atoms with Gasteiger partial charge in [-0.1, -0.05) is 19.8 Å². The van der Waals surface area contributed by atoms with Crippen LogP contribution in [-0.2, 0) is 5.41 Å². The molecule has 1 saturated carbocycles. The van der Waals surface area contributed by atoms with Crippen molar-refractivity contribution in [3.05, 3.63) is 10.6 Å². The second kappa shape index (κ2) is 3.31. The largest absolute Gasteiger partial charge is 0.369 e. The third kappa shape index (κ3) is 1.64. The molecule has 0 amide bonds. The van der Waals surface area contributed by atoms with E-state index in [-0.39, 0.29) is 5.41 Å². The summed E-state index contributed by atoms with van der Waals surface area (Å²) in [4.78, 5) is 11.1. The lowest BCUT2D eigenvalue weighted by molar-refractivity contribution is 0.456. The predicted molar refractivity (Wildman–Crippen MR) is 57.4 cm³/mol. The van der Waals surface area contributed by atoms with E-state index in [0.717, 1.165) is 18.7 Å². The van der Waals surface area contributed by atoms with E-state index < -0.39 is 0 Å². The molecule has 4 nitrogen and oxygen atoms in total. The van der Waals surface area contributed by atoms with Crippen molar-refractivity contribution in [3.63, 3.8) is 0 Å². The minimum Gasteiger partial charge on any atom is -0.369 e. The van der Waals surface area contributed by atoms with Crippen LogP contribution in [0, 0.1) is 4.77 Å². The minimum atomic E-state index is 0.116. The van der Waals surface area contributed by atoms with Crippen molar-refractivity contribution in [3.8, 4) is 0 Å². The van der Waals surface area contributed by atoms with E-state index in [1.54, 1.807) is 0 Å². The highest BCUT2D eigenvalue weighted by Crippen LogP contribution is 2.38. The number of rotatable bonds is 1. The second-order valence-corrected chi connectivity index (χ2v) is 4.50. The lowest BCUT2D eigenvalue weighted by atomic mass is 9.88. The average Bonchev–Trinajstić information content (AvgIpc) is 2.52. The molecule has 1 fully saturated rings. The third-order valence-electron chi connectivity index (χ3n) is 2.95. The van der Waals surface area contributed by atoms with Crippen LogP contribution >= 0.6 is 12.2 Å². The van der Waals surface area contributed by atoms with Crippen molar-refractivity contribution in [2.24, 2.45) is 0 Å². The highest BCUT2D eigenvalue weighted by Gasteiger charge is 2.32. The van der Waals surface area contributed by atoms with Gasteiger partial charge in [-0.2, -0.15) is 4.98 Å². The fraction of sp³-hybridized carbons (Fsp3) is 0.667. The van der Waals surface area contributed by atoms with Crippen LogP contribution in [-0.4, -0.2) is 15.0 Å². The van der Waals surface area contributed by atoms with Crippen LogP contribution in [0.1, 0.15) is 38.4 Å². The van der Waals surface area contributed by atoms with Gasteiger partial charge >= 0.3 is 0 Å². The van der Waals surface area contributed by atoms with Crippen LogP contribution in [0.25, 0.3) is 0 Å². The van der Waals surface area contributed by atoms with E-state index in [1.807, 2.05) is 0 Å². The van der Waals surface area contributed by atoms with Gasteiger partial charge in [-0.15, -0.1) is 0 Å². The first kappa shape index (κ1) is 9.58. The summed E-state index contributed by atoms with van der Waals surface area (Å²) in [6.07, 6.45) is 4.80. The van der Waals surface area contributed by atoms with E-state index in [1.165, 1.54) is 12.8 Å². The van der Waals surface area contributed by atoms with Crippen LogP contribution in [0.15, 0.2) is 0 Å². The average molecular weight is 210 g/mol. The number of nitrogen functional groups attached to an aromatic ring is 1. The van der Waals surface area contributed by atoms with E-state index in [4.69, 9.17) is 18.0 Å². The Morgan fingerprint density at radius 3 is 2.57 bits per heavy atom. The zero-order chi connectivity index (χ0) is 10.2. The quantitative estimate of drug-likeness (QED) is 0.695. The predicted octanol–water partition coefficient (Wildman–Crippen LogP) is 1.95. The third-order valence-corrected chi connectivity index (χ3v) is 3.13. The second-order valence-electron chi connectivity index (χ2n) is 4.13. The Hall–Kier alpha value is -0.970. The molecular formula is C9H14N4S. The van der Waals surface area contributed by atoms with Gasteiger partial charge in [0.2, 0.25) is 10.7 Å². The monoisotopic (exact) mass is 210 g/mol. The molecule has 1 aliphatic rings. The van der Waals surface area contributed by atoms with Crippen LogP contribution < -0.4 is 5.73 Å². The summed E-state index contributed by atoms with van der Waals surface area (Å²) in [6.45, 7) is 2.20. The maximum absolute atomic E-state index is 5.61. The number of nitrogens with two attached hydrogens (primary N) is 1. The van der Waals surface area contributed by atoms with Gasteiger partial charge in [-0.3, -0.25) is 0 Å². The van der Waals surface area contributed by atoms with Crippen LogP contribution in [0.4, 0.5) is 5.95 Å². The molecule has 0 aliphatic heterocycles. The van der Waals surface area contributed by atoms with Crippen molar-refractivity contribution >= 4 is 18.2 Å². The summed E-state index contributed by atoms with van der Waals surface area (Å²) >= 11 is 4.95. The first-order valence-corrected chi connectivity index (χ1v) is 5.25. The molecule has 0 atom stereocenters. The molecule has 14 heavy (non-hydrogen) atoms. The first-order chi connectivity index (χ1) is 6.60. The zero-order valence-electron chi connectivity index (χ0n) is 8.21. The van der Waals surface area contributed by atoms with E-state index in [2.05, 4.69) is 21.9 Å². The fourth-order valence-electron chi connectivity index (χ4n) is 2.08. The number of anilines is 1. The smallest absolute Gasteiger partial charge is 0.224 e. The lowest BCUT2D eigenvalue weighted by Gasteiger charge is -2.21. The van der Waals surface area contributed by atoms with Gasteiger partial charge in [-0.05, 0) is 25.1 Å². The van der Waals surface area contributed by atoms with Crippen molar-refractivity contribution in [2.45, 2.75) is 38.0 Å². The molecule has 0 unspecified atom stereocenters. The Bertz CT molecular complexity index is 392. The van der Waals surface area contributed by atoms with Crippen molar-refractivity contribution in [1.29, 1.82) is 0 Å². The molecule has 1 aliphatic carbocycles. The van der Waals surface area contributed by atoms with Crippen molar-refractivity contribution < 1.29 is 0 Å². The number of hydrogen-bond donors (Lipinski definition) is 2. The molecular weight excluding hydrogens is 196 g/mol. The van der Waals surface area contributed by atoms with Gasteiger partial charge in [0.05, 0.1) is 0 Å². The van der Waals surface area contributed by atoms with Crippen LogP contribution in [0.2, 0.25) is 0 Å². The van der Waals surface area contributed by atoms with E-state index in [0.29, 0.717) is 10.7 Å².